The number of hydrogen-bond acceptors (Lipinski definition) is 6. The van der Waals surface area contributed by atoms with Crippen molar-refractivity contribution in [2.75, 3.05) is 33.4 Å². The number of aromatic nitrogens is 1. The van der Waals surface area contributed by atoms with Gasteiger partial charge in [0.1, 0.15) is 11.9 Å². The Morgan fingerprint density at radius 1 is 1.12 bits per heavy atom. The first-order valence-corrected chi connectivity index (χ1v) is 12.8. The van der Waals surface area contributed by atoms with E-state index < -0.39 is 6.10 Å². The second kappa shape index (κ2) is 11.7. The van der Waals surface area contributed by atoms with E-state index in [-0.39, 0.29) is 5.78 Å². The molecule has 2 heterocycles. The number of carbonyl (C=O) groups excluding carboxylic acids is 1. The van der Waals surface area contributed by atoms with Gasteiger partial charge in [0, 0.05) is 24.8 Å². The minimum Gasteiger partial charge on any atom is -0.494 e. The molecule has 2 aromatic carbocycles. The van der Waals surface area contributed by atoms with Gasteiger partial charge in [-0.3, -0.25) is 4.79 Å². The fraction of sp³-hybridized carbons (Fsp3) is 0.481. The molecule has 1 unspecified atom stereocenters. The zero-order valence-electron chi connectivity index (χ0n) is 19.7. The summed E-state index contributed by atoms with van der Waals surface area (Å²) in [6.07, 6.45) is 4.55. The predicted octanol–water partition coefficient (Wildman–Crippen LogP) is 6.00. The number of methoxy groups -OCH3 is 1. The molecule has 0 radical (unpaired) electrons. The zero-order valence-corrected chi connectivity index (χ0v) is 20.5. The third-order valence-electron chi connectivity index (χ3n) is 6.58. The SMILES string of the molecule is CCC(=O)C(OC)c1ccc(OCCCCN2CCC(c3nsc4ccccc34)CC2)cc1. The highest BCUT2D eigenvalue weighted by atomic mass is 32.1. The van der Waals surface area contributed by atoms with E-state index in [2.05, 4.69) is 29.2 Å². The van der Waals surface area contributed by atoms with Crippen molar-refractivity contribution in [2.45, 2.75) is 51.0 Å². The lowest BCUT2D eigenvalue weighted by Gasteiger charge is -2.31. The quantitative estimate of drug-likeness (QED) is 0.324. The van der Waals surface area contributed by atoms with E-state index in [0.717, 1.165) is 43.8 Å². The Hall–Kier alpha value is -2.28. The number of fused-ring (bicyclic) bond motifs is 1. The van der Waals surface area contributed by atoms with E-state index >= 15 is 0 Å². The monoisotopic (exact) mass is 466 g/mol. The molecule has 5 nitrogen and oxygen atoms in total. The normalized spacial score (nSPS) is 16.2. The molecule has 176 valence electrons. The topological polar surface area (TPSA) is 51.7 Å². The van der Waals surface area contributed by atoms with E-state index in [1.807, 2.05) is 31.2 Å². The molecule has 3 aromatic rings. The Kier molecular flexibility index (Phi) is 8.48. The summed E-state index contributed by atoms with van der Waals surface area (Å²) >= 11 is 1.63. The number of piperidine rings is 1. The number of rotatable bonds is 11. The highest BCUT2D eigenvalue weighted by Gasteiger charge is 2.23. The Balaban J connectivity index is 1.15. The molecule has 1 aliphatic heterocycles. The first-order chi connectivity index (χ1) is 16.2. The van der Waals surface area contributed by atoms with Gasteiger partial charge in [-0.2, -0.15) is 4.37 Å². The van der Waals surface area contributed by atoms with Crippen LogP contribution in [0.15, 0.2) is 48.5 Å². The van der Waals surface area contributed by atoms with Gasteiger partial charge in [-0.15, -0.1) is 0 Å². The van der Waals surface area contributed by atoms with Gasteiger partial charge in [-0.1, -0.05) is 37.3 Å². The molecule has 1 saturated heterocycles. The van der Waals surface area contributed by atoms with Crippen LogP contribution in [0.25, 0.3) is 10.1 Å². The molecule has 0 N–H and O–H groups in total. The molecule has 0 aliphatic carbocycles. The third kappa shape index (κ3) is 5.99. The van der Waals surface area contributed by atoms with Crippen molar-refractivity contribution in [2.24, 2.45) is 0 Å². The Bertz CT molecular complexity index is 1030. The van der Waals surface area contributed by atoms with Crippen molar-refractivity contribution in [3.63, 3.8) is 0 Å². The van der Waals surface area contributed by atoms with Crippen LogP contribution in [0.2, 0.25) is 0 Å². The van der Waals surface area contributed by atoms with Crippen LogP contribution in [-0.4, -0.2) is 48.4 Å². The van der Waals surface area contributed by atoms with Crippen LogP contribution in [0.3, 0.4) is 0 Å². The number of nitrogens with zero attached hydrogens (tertiary/aromatic N) is 2. The maximum Gasteiger partial charge on any atom is 0.165 e. The van der Waals surface area contributed by atoms with Crippen molar-refractivity contribution >= 4 is 27.4 Å². The van der Waals surface area contributed by atoms with Gasteiger partial charge >= 0.3 is 0 Å². The molecule has 1 aliphatic rings. The van der Waals surface area contributed by atoms with Crippen LogP contribution in [0, 0.1) is 0 Å². The van der Waals surface area contributed by atoms with E-state index in [4.69, 9.17) is 13.8 Å². The van der Waals surface area contributed by atoms with E-state index in [1.54, 1.807) is 18.6 Å². The van der Waals surface area contributed by atoms with Crippen LogP contribution in [0.4, 0.5) is 0 Å². The summed E-state index contributed by atoms with van der Waals surface area (Å²) in [6, 6.07) is 16.3. The molecule has 33 heavy (non-hydrogen) atoms. The summed E-state index contributed by atoms with van der Waals surface area (Å²) < 4.78 is 17.3. The molecule has 4 rings (SSSR count). The minimum atomic E-state index is -0.484. The smallest absolute Gasteiger partial charge is 0.165 e. The highest BCUT2D eigenvalue weighted by Crippen LogP contribution is 2.34. The number of benzene rings is 2. The lowest BCUT2D eigenvalue weighted by molar-refractivity contribution is -0.128. The second-order valence-electron chi connectivity index (χ2n) is 8.74. The van der Waals surface area contributed by atoms with Crippen molar-refractivity contribution in [3.8, 4) is 5.75 Å². The molecule has 1 aromatic heterocycles. The fourth-order valence-corrected chi connectivity index (χ4v) is 5.49. The minimum absolute atomic E-state index is 0.0927. The van der Waals surface area contributed by atoms with Gasteiger partial charge in [0.25, 0.3) is 0 Å². The summed E-state index contributed by atoms with van der Waals surface area (Å²) in [5.41, 5.74) is 2.19. The maximum atomic E-state index is 12.0. The first-order valence-electron chi connectivity index (χ1n) is 12.0. The second-order valence-corrected chi connectivity index (χ2v) is 9.55. The maximum absolute atomic E-state index is 12.0. The van der Waals surface area contributed by atoms with Crippen LogP contribution in [0.1, 0.15) is 62.3 Å². The standard InChI is InChI=1S/C27H34N2O3S/c1-3-24(30)27(31-2)21-10-12-22(13-11-21)32-19-7-6-16-29-17-14-20(15-18-29)26-23-8-4-5-9-25(23)33-28-26/h4-5,8-13,20,27H,3,6-7,14-19H2,1-2H3. The number of carbonyl (C=O) groups is 1. The van der Waals surface area contributed by atoms with Gasteiger partial charge in [0.15, 0.2) is 5.78 Å². The molecule has 0 bridgehead atoms. The first kappa shape index (κ1) is 23.9. The summed E-state index contributed by atoms with van der Waals surface area (Å²) in [7, 11) is 1.58. The van der Waals surface area contributed by atoms with Crippen molar-refractivity contribution < 1.29 is 14.3 Å². The fourth-order valence-electron chi connectivity index (χ4n) is 4.63. The molecular formula is C27H34N2O3S. The average molecular weight is 467 g/mol. The van der Waals surface area contributed by atoms with E-state index in [1.165, 1.54) is 28.6 Å². The van der Waals surface area contributed by atoms with Crippen molar-refractivity contribution in [1.82, 2.24) is 9.27 Å². The van der Waals surface area contributed by atoms with Gasteiger partial charge in [-0.25, -0.2) is 0 Å². The van der Waals surface area contributed by atoms with Gasteiger partial charge in [0.05, 0.1) is 17.0 Å². The Morgan fingerprint density at radius 2 is 1.88 bits per heavy atom. The summed E-state index contributed by atoms with van der Waals surface area (Å²) in [5, 5.41) is 1.35. The lowest BCUT2D eigenvalue weighted by Crippen LogP contribution is -2.33. The van der Waals surface area contributed by atoms with Crippen LogP contribution in [-0.2, 0) is 9.53 Å². The van der Waals surface area contributed by atoms with Crippen molar-refractivity contribution in [3.05, 3.63) is 59.8 Å². The third-order valence-corrected chi connectivity index (χ3v) is 7.42. The summed E-state index contributed by atoms with van der Waals surface area (Å²) in [4.78, 5) is 14.5. The zero-order chi connectivity index (χ0) is 23.0. The number of likely N-dealkylation sites (tertiary alicyclic amines) is 1. The molecule has 6 heteroatoms. The number of Topliss-reactive ketones (excluding diaryl/α,β-unsaturated/α-hetero) is 1. The van der Waals surface area contributed by atoms with Crippen molar-refractivity contribution in [1.29, 1.82) is 0 Å². The molecule has 1 atom stereocenters. The summed E-state index contributed by atoms with van der Waals surface area (Å²) in [5.74, 6) is 1.53. The largest absolute Gasteiger partial charge is 0.494 e. The van der Waals surface area contributed by atoms with E-state index in [0.29, 0.717) is 18.9 Å². The molecular weight excluding hydrogens is 432 g/mol. The highest BCUT2D eigenvalue weighted by molar-refractivity contribution is 7.13. The average Bonchev–Trinajstić information content (AvgIpc) is 3.29. The van der Waals surface area contributed by atoms with E-state index in [9.17, 15) is 4.79 Å². The molecule has 0 saturated carbocycles. The van der Waals surface area contributed by atoms with Gasteiger partial charge in [-0.05, 0) is 80.6 Å². The number of unbranched alkanes of at least 4 members (excludes halogenated alkanes) is 1. The Morgan fingerprint density at radius 3 is 2.61 bits per heavy atom. The van der Waals surface area contributed by atoms with Gasteiger partial charge in [0.2, 0.25) is 0 Å². The molecule has 0 spiro atoms. The van der Waals surface area contributed by atoms with Crippen LogP contribution >= 0.6 is 11.5 Å². The number of ether oxygens (including phenoxy) is 2. The van der Waals surface area contributed by atoms with Crippen LogP contribution < -0.4 is 4.74 Å². The Labute approximate surface area is 200 Å². The van der Waals surface area contributed by atoms with Gasteiger partial charge < -0.3 is 14.4 Å². The molecule has 1 fully saturated rings. The number of ketones is 1. The van der Waals surface area contributed by atoms with Crippen LogP contribution in [0.5, 0.6) is 5.75 Å². The lowest BCUT2D eigenvalue weighted by atomic mass is 9.91. The predicted molar refractivity (Wildman–Crippen MR) is 134 cm³/mol. The number of hydrogen-bond donors (Lipinski definition) is 0. The summed E-state index contributed by atoms with van der Waals surface area (Å²) in [6.45, 7) is 5.99. The molecule has 0 amide bonds.